The average Bonchev–Trinajstić information content (AvgIpc) is 2.09. The van der Waals surface area contributed by atoms with Crippen LogP contribution in [-0.4, -0.2) is 43.8 Å². The molecule has 1 heterocycles. The van der Waals surface area contributed by atoms with E-state index in [1.807, 2.05) is 0 Å². The fraction of sp³-hybridized carbons (Fsp3) is 1.00. The monoisotopic (exact) mass is 277 g/mol. The Bertz CT molecular complexity index is 316. The molecule has 1 atom stereocenters. The Morgan fingerprint density at radius 3 is 2.62 bits per heavy atom. The summed E-state index contributed by atoms with van der Waals surface area (Å²) in [5, 5.41) is 2.85. The maximum absolute atomic E-state index is 11.8. The van der Waals surface area contributed by atoms with Crippen molar-refractivity contribution < 1.29 is 21.6 Å². The number of thioether (sulfide) groups is 1. The van der Waals surface area contributed by atoms with Crippen LogP contribution in [0.15, 0.2) is 0 Å². The molecule has 1 rings (SSSR count). The first-order valence-corrected chi connectivity index (χ1v) is 7.74. The summed E-state index contributed by atoms with van der Waals surface area (Å²) in [6, 6.07) is -0.187. The minimum atomic E-state index is -4.21. The first-order chi connectivity index (χ1) is 7.29. The highest BCUT2D eigenvalue weighted by molar-refractivity contribution is 8.00. The Kier molecular flexibility index (Phi) is 4.93. The zero-order valence-electron chi connectivity index (χ0n) is 8.59. The molecule has 0 aromatic heterocycles. The van der Waals surface area contributed by atoms with E-state index in [-0.39, 0.29) is 41.6 Å². The molecule has 1 aliphatic rings. The lowest BCUT2D eigenvalue weighted by Gasteiger charge is -2.23. The van der Waals surface area contributed by atoms with Gasteiger partial charge in [0, 0.05) is 18.3 Å². The maximum Gasteiger partial charge on any atom is 0.441 e. The van der Waals surface area contributed by atoms with Gasteiger partial charge in [0.25, 0.3) is 0 Å². The number of halogens is 3. The van der Waals surface area contributed by atoms with E-state index in [9.17, 15) is 21.6 Å². The summed E-state index contributed by atoms with van der Waals surface area (Å²) in [6.45, 7) is 0.185. The van der Waals surface area contributed by atoms with Crippen LogP contribution < -0.4 is 5.32 Å². The van der Waals surface area contributed by atoms with Gasteiger partial charge in [-0.2, -0.15) is 13.2 Å². The van der Waals surface area contributed by atoms with Gasteiger partial charge in [-0.05, 0) is 24.6 Å². The smallest absolute Gasteiger partial charge is 0.312 e. The lowest BCUT2D eigenvalue weighted by atomic mass is 10.2. The Hall–Kier alpha value is 0.0500. The molecular weight excluding hydrogens is 263 g/mol. The summed E-state index contributed by atoms with van der Waals surface area (Å²) < 4.78 is 57.8. The van der Waals surface area contributed by atoms with Gasteiger partial charge >= 0.3 is 5.51 Å². The molecule has 0 bridgehead atoms. The van der Waals surface area contributed by atoms with Crippen LogP contribution >= 0.6 is 11.8 Å². The predicted octanol–water partition coefficient (Wildman–Crippen LogP) is 1.41. The summed E-state index contributed by atoms with van der Waals surface area (Å²) in [5.41, 5.74) is -4.21. The molecule has 3 nitrogen and oxygen atoms in total. The van der Waals surface area contributed by atoms with Crippen molar-refractivity contribution in [1.29, 1.82) is 0 Å². The molecule has 96 valence electrons. The number of hydrogen-bond donors (Lipinski definition) is 1. The summed E-state index contributed by atoms with van der Waals surface area (Å²) >= 11 is -0.0899. The molecular formula is C8H14F3NO2S2. The molecule has 1 unspecified atom stereocenters. The molecule has 0 aromatic carbocycles. The largest absolute Gasteiger partial charge is 0.441 e. The van der Waals surface area contributed by atoms with Crippen molar-refractivity contribution in [2.45, 2.75) is 24.4 Å². The van der Waals surface area contributed by atoms with Gasteiger partial charge in [-0.3, -0.25) is 0 Å². The molecule has 1 saturated heterocycles. The lowest BCUT2D eigenvalue weighted by Crippen LogP contribution is -2.41. The topological polar surface area (TPSA) is 46.2 Å². The lowest BCUT2D eigenvalue weighted by molar-refractivity contribution is -0.0327. The quantitative estimate of drug-likeness (QED) is 0.789. The van der Waals surface area contributed by atoms with Crippen LogP contribution in [0.4, 0.5) is 13.2 Å². The van der Waals surface area contributed by atoms with Crippen LogP contribution in [0.1, 0.15) is 12.8 Å². The molecule has 16 heavy (non-hydrogen) atoms. The van der Waals surface area contributed by atoms with Crippen molar-refractivity contribution in [3.8, 4) is 0 Å². The summed E-state index contributed by atoms with van der Waals surface area (Å²) in [6.07, 6.45) is 1.31. The van der Waals surface area contributed by atoms with Gasteiger partial charge in [-0.25, -0.2) is 8.42 Å². The van der Waals surface area contributed by atoms with Crippen molar-refractivity contribution in [3.05, 3.63) is 0 Å². The van der Waals surface area contributed by atoms with Crippen LogP contribution in [0.25, 0.3) is 0 Å². The molecule has 1 N–H and O–H groups in total. The number of alkyl halides is 3. The van der Waals surface area contributed by atoms with E-state index in [0.29, 0.717) is 6.42 Å². The second-order valence-electron chi connectivity index (χ2n) is 3.70. The molecule has 0 saturated carbocycles. The fourth-order valence-corrected chi connectivity index (χ4v) is 3.74. The Morgan fingerprint density at radius 1 is 1.38 bits per heavy atom. The van der Waals surface area contributed by atoms with E-state index in [0.717, 1.165) is 6.42 Å². The molecule has 0 amide bonds. The zero-order valence-corrected chi connectivity index (χ0v) is 10.2. The molecule has 0 radical (unpaired) electrons. The number of nitrogens with one attached hydrogen (secondary N) is 1. The first kappa shape index (κ1) is 14.1. The molecule has 0 aromatic rings. The van der Waals surface area contributed by atoms with Crippen molar-refractivity contribution in [2.75, 3.05) is 23.8 Å². The van der Waals surface area contributed by atoms with Gasteiger partial charge in [-0.1, -0.05) is 0 Å². The summed E-state index contributed by atoms with van der Waals surface area (Å²) in [5.74, 6) is 0.159. The SMILES string of the molecule is O=S1(=O)CCCC(NCCSC(F)(F)F)C1. The number of sulfone groups is 1. The van der Waals surface area contributed by atoms with E-state index >= 15 is 0 Å². The highest BCUT2D eigenvalue weighted by atomic mass is 32.2. The summed E-state index contributed by atoms with van der Waals surface area (Å²) in [4.78, 5) is 0. The minimum Gasteiger partial charge on any atom is -0.312 e. The standard InChI is InChI=1S/C8H14F3NO2S2/c9-8(10,11)15-4-3-12-7-2-1-5-16(13,14)6-7/h7,12H,1-6H2. The second kappa shape index (κ2) is 5.59. The normalized spacial score (nSPS) is 25.6. The number of rotatable bonds is 4. The van der Waals surface area contributed by atoms with E-state index in [1.165, 1.54) is 0 Å². The van der Waals surface area contributed by atoms with Gasteiger partial charge in [0.15, 0.2) is 9.84 Å². The van der Waals surface area contributed by atoms with Crippen molar-refractivity contribution >= 4 is 21.6 Å². The Labute approximate surface area is 97.1 Å². The zero-order chi connectivity index (χ0) is 12.2. The second-order valence-corrected chi connectivity index (χ2v) is 7.09. The molecule has 0 spiro atoms. The van der Waals surface area contributed by atoms with E-state index in [2.05, 4.69) is 5.32 Å². The number of hydrogen-bond acceptors (Lipinski definition) is 4. The molecule has 8 heteroatoms. The Balaban J connectivity index is 2.18. The third kappa shape index (κ3) is 5.95. The molecule has 1 fully saturated rings. The van der Waals surface area contributed by atoms with Crippen molar-refractivity contribution in [1.82, 2.24) is 5.32 Å². The van der Waals surface area contributed by atoms with Crippen LogP contribution in [0, 0.1) is 0 Å². The van der Waals surface area contributed by atoms with Crippen LogP contribution in [0.2, 0.25) is 0 Å². The van der Waals surface area contributed by atoms with Crippen molar-refractivity contribution in [2.24, 2.45) is 0 Å². The van der Waals surface area contributed by atoms with Crippen LogP contribution in [-0.2, 0) is 9.84 Å². The van der Waals surface area contributed by atoms with E-state index in [4.69, 9.17) is 0 Å². The predicted molar refractivity (Wildman–Crippen MR) is 58.2 cm³/mol. The summed E-state index contributed by atoms with van der Waals surface area (Å²) in [7, 11) is -2.99. The van der Waals surface area contributed by atoms with Gasteiger partial charge < -0.3 is 5.32 Å². The highest BCUT2D eigenvalue weighted by Gasteiger charge is 2.28. The van der Waals surface area contributed by atoms with E-state index < -0.39 is 15.3 Å². The third-order valence-corrected chi connectivity index (χ3v) is 4.82. The minimum absolute atomic E-state index is 0.0453. The Morgan fingerprint density at radius 2 is 2.06 bits per heavy atom. The average molecular weight is 277 g/mol. The van der Waals surface area contributed by atoms with Crippen LogP contribution in [0.5, 0.6) is 0 Å². The van der Waals surface area contributed by atoms with Crippen molar-refractivity contribution in [3.63, 3.8) is 0 Å². The maximum atomic E-state index is 11.8. The first-order valence-electron chi connectivity index (χ1n) is 4.93. The van der Waals surface area contributed by atoms with Gasteiger partial charge in [0.1, 0.15) is 0 Å². The van der Waals surface area contributed by atoms with Crippen LogP contribution in [0.3, 0.4) is 0 Å². The molecule has 1 aliphatic heterocycles. The van der Waals surface area contributed by atoms with Gasteiger partial charge in [-0.15, -0.1) is 0 Å². The third-order valence-electron chi connectivity index (χ3n) is 2.26. The molecule has 0 aliphatic carbocycles. The van der Waals surface area contributed by atoms with Gasteiger partial charge in [0.05, 0.1) is 11.5 Å². The van der Waals surface area contributed by atoms with E-state index in [1.54, 1.807) is 0 Å². The van der Waals surface area contributed by atoms with Gasteiger partial charge in [0.2, 0.25) is 0 Å². The fourth-order valence-electron chi connectivity index (χ4n) is 1.61. The highest BCUT2D eigenvalue weighted by Crippen LogP contribution is 2.29.